The molecule has 0 unspecified atom stereocenters. The maximum atomic E-state index is 9.19. The van der Waals surface area contributed by atoms with Crippen LogP contribution in [-0.4, -0.2) is 43.8 Å². The van der Waals surface area contributed by atoms with Crippen LogP contribution in [0.4, 0.5) is 0 Å². The van der Waals surface area contributed by atoms with Crippen molar-refractivity contribution in [2.75, 3.05) is 25.9 Å². The standard InChI is InChI=1S/C12H25N.CH4O3S/c1-3-5-6-9-13-10-7-12(4-2)8-11-13;1-5(2,3)4/h12H,3-11H2,1-2H3;1H3,(H,2,3,4). The molecule has 0 aliphatic carbocycles. The van der Waals surface area contributed by atoms with Gasteiger partial charge in [-0.15, -0.1) is 0 Å². The lowest BCUT2D eigenvalue weighted by Crippen LogP contribution is -2.34. The van der Waals surface area contributed by atoms with Crippen LogP contribution in [0.25, 0.3) is 0 Å². The quantitative estimate of drug-likeness (QED) is 0.621. The molecule has 4 nitrogen and oxygen atoms in total. The smallest absolute Gasteiger partial charge is 0.261 e. The van der Waals surface area contributed by atoms with Crippen LogP contribution in [0.15, 0.2) is 0 Å². The fourth-order valence-corrected chi connectivity index (χ4v) is 2.20. The normalized spacial score (nSPS) is 18.2. The molecule has 0 atom stereocenters. The summed E-state index contributed by atoms with van der Waals surface area (Å²) in [5, 5.41) is 0. The number of nitrogens with zero attached hydrogens (tertiary/aromatic N) is 1. The number of piperidine rings is 1. The second kappa shape index (κ2) is 9.75. The SMILES string of the molecule is CCCCCN1CCC(CC)CC1.CS(=O)(=O)O. The molecule has 5 heteroatoms. The van der Waals surface area contributed by atoms with Gasteiger partial charge in [0.05, 0.1) is 6.26 Å². The van der Waals surface area contributed by atoms with Crippen LogP contribution in [0.5, 0.6) is 0 Å². The van der Waals surface area contributed by atoms with Gasteiger partial charge in [0.15, 0.2) is 0 Å². The zero-order valence-corrected chi connectivity index (χ0v) is 12.9. The zero-order valence-electron chi connectivity index (χ0n) is 12.1. The highest BCUT2D eigenvalue weighted by Crippen LogP contribution is 2.19. The van der Waals surface area contributed by atoms with Gasteiger partial charge in [0.2, 0.25) is 0 Å². The van der Waals surface area contributed by atoms with E-state index in [1.165, 1.54) is 58.2 Å². The van der Waals surface area contributed by atoms with E-state index in [4.69, 9.17) is 4.55 Å². The molecule has 110 valence electrons. The highest BCUT2D eigenvalue weighted by Gasteiger charge is 2.16. The number of rotatable bonds is 5. The Bertz CT molecular complexity index is 272. The molecule has 0 bridgehead atoms. The highest BCUT2D eigenvalue weighted by molar-refractivity contribution is 7.85. The summed E-state index contributed by atoms with van der Waals surface area (Å²) in [6.45, 7) is 8.69. The molecule has 1 aliphatic heterocycles. The fraction of sp³-hybridized carbons (Fsp3) is 1.00. The van der Waals surface area contributed by atoms with E-state index in [1.54, 1.807) is 0 Å². The molecular formula is C13H29NO3S. The molecule has 0 saturated carbocycles. The van der Waals surface area contributed by atoms with Crippen LogP contribution >= 0.6 is 0 Å². The lowest BCUT2D eigenvalue weighted by molar-refractivity contribution is 0.179. The molecule has 1 rings (SSSR count). The van der Waals surface area contributed by atoms with Crippen LogP contribution in [0.3, 0.4) is 0 Å². The third kappa shape index (κ3) is 12.3. The van der Waals surface area contributed by atoms with Gasteiger partial charge in [0, 0.05) is 0 Å². The Hall–Kier alpha value is -0.130. The largest absolute Gasteiger partial charge is 0.303 e. The Balaban J connectivity index is 0.000000494. The van der Waals surface area contributed by atoms with Crippen molar-refractivity contribution in [3.63, 3.8) is 0 Å². The van der Waals surface area contributed by atoms with Gasteiger partial charge in [-0.3, -0.25) is 4.55 Å². The third-order valence-electron chi connectivity index (χ3n) is 3.36. The predicted molar refractivity (Wildman–Crippen MR) is 76.5 cm³/mol. The molecule has 1 saturated heterocycles. The summed E-state index contributed by atoms with van der Waals surface area (Å²) in [7, 11) is -3.67. The maximum absolute atomic E-state index is 9.19. The minimum absolute atomic E-state index is 0.715. The first-order chi connectivity index (χ1) is 8.36. The molecule has 0 aromatic carbocycles. The lowest BCUT2D eigenvalue weighted by atomic mass is 9.94. The van der Waals surface area contributed by atoms with E-state index < -0.39 is 10.1 Å². The van der Waals surface area contributed by atoms with Gasteiger partial charge in [-0.05, 0) is 44.8 Å². The summed E-state index contributed by atoms with van der Waals surface area (Å²) >= 11 is 0. The van der Waals surface area contributed by atoms with Gasteiger partial charge in [-0.1, -0.05) is 33.1 Å². The van der Waals surface area contributed by atoms with Crippen molar-refractivity contribution in [3.05, 3.63) is 0 Å². The van der Waals surface area contributed by atoms with E-state index in [9.17, 15) is 8.42 Å². The molecule has 0 aromatic rings. The van der Waals surface area contributed by atoms with Gasteiger partial charge in [0.1, 0.15) is 0 Å². The lowest BCUT2D eigenvalue weighted by Gasteiger charge is -2.31. The van der Waals surface area contributed by atoms with Crippen molar-refractivity contribution in [3.8, 4) is 0 Å². The van der Waals surface area contributed by atoms with Gasteiger partial charge >= 0.3 is 0 Å². The molecule has 0 amide bonds. The summed E-state index contributed by atoms with van der Waals surface area (Å²) in [4.78, 5) is 2.65. The van der Waals surface area contributed by atoms with E-state index >= 15 is 0 Å². The number of hydrogen-bond acceptors (Lipinski definition) is 3. The van der Waals surface area contributed by atoms with E-state index in [0.717, 1.165) is 5.92 Å². The molecule has 18 heavy (non-hydrogen) atoms. The predicted octanol–water partition coefficient (Wildman–Crippen LogP) is 2.80. The van der Waals surface area contributed by atoms with Crippen molar-refractivity contribution >= 4 is 10.1 Å². The van der Waals surface area contributed by atoms with E-state index in [1.807, 2.05) is 0 Å². The first-order valence-electron chi connectivity index (χ1n) is 7.01. The summed E-state index contributed by atoms with van der Waals surface area (Å²) in [6.07, 6.45) is 9.17. The molecule has 1 heterocycles. The number of likely N-dealkylation sites (tertiary alicyclic amines) is 1. The molecule has 0 aromatic heterocycles. The van der Waals surface area contributed by atoms with Gasteiger partial charge in [-0.25, -0.2) is 0 Å². The summed E-state index contributed by atoms with van der Waals surface area (Å²) in [6, 6.07) is 0. The molecule has 0 spiro atoms. The van der Waals surface area contributed by atoms with Crippen molar-refractivity contribution in [1.29, 1.82) is 0 Å². The second-order valence-electron chi connectivity index (χ2n) is 5.13. The van der Waals surface area contributed by atoms with E-state index in [0.29, 0.717) is 6.26 Å². The first kappa shape index (κ1) is 17.9. The Morgan fingerprint density at radius 3 is 2.06 bits per heavy atom. The molecular weight excluding hydrogens is 250 g/mol. The minimum Gasteiger partial charge on any atom is -0.303 e. The Morgan fingerprint density at radius 1 is 1.17 bits per heavy atom. The van der Waals surface area contributed by atoms with Gasteiger partial charge in [-0.2, -0.15) is 8.42 Å². The number of hydrogen-bond donors (Lipinski definition) is 1. The van der Waals surface area contributed by atoms with Crippen LogP contribution in [0.2, 0.25) is 0 Å². The van der Waals surface area contributed by atoms with Gasteiger partial charge in [0.25, 0.3) is 10.1 Å². The van der Waals surface area contributed by atoms with Crippen LogP contribution in [0, 0.1) is 5.92 Å². The topological polar surface area (TPSA) is 57.6 Å². The molecule has 0 radical (unpaired) electrons. The zero-order chi connectivity index (χ0) is 14.0. The Labute approximate surface area is 113 Å². The van der Waals surface area contributed by atoms with Crippen molar-refractivity contribution in [2.24, 2.45) is 5.92 Å². The van der Waals surface area contributed by atoms with Crippen molar-refractivity contribution in [2.45, 2.75) is 52.4 Å². The summed E-state index contributed by atoms with van der Waals surface area (Å²) < 4.78 is 25.9. The Kier molecular flexibility index (Phi) is 9.68. The summed E-state index contributed by atoms with van der Waals surface area (Å²) in [5.74, 6) is 1.03. The average molecular weight is 279 g/mol. The summed E-state index contributed by atoms with van der Waals surface area (Å²) in [5.41, 5.74) is 0. The van der Waals surface area contributed by atoms with Gasteiger partial charge < -0.3 is 4.90 Å². The average Bonchev–Trinajstić information content (AvgIpc) is 2.28. The fourth-order valence-electron chi connectivity index (χ4n) is 2.20. The highest BCUT2D eigenvalue weighted by atomic mass is 32.2. The maximum Gasteiger partial charge on any atom is 0.261 e. The van der Waals surface area contributed by atoms with E-state index in [2.05, 4.69) is 18.7 Å². The van der Waals surface area contributed by atoms with E-state index in [-0.39, 0.29) is 0 Å². The number of unbranched alkanes of at least 4 members (excludes halogenated alkanes) is 2. The van der Waals surface area contributed by atoms with Crippen molar-refractivity contribution < 1.29 is 13.0 Å². The second-order valence-corrected chi connectivity index (χ2v) is 6.60. The third-order valence-corrected chi connectivity index (χ3v) is 3.36. The monoisotopic (exact) mass is 279 g/mol. The molecule has 1 fully saturated rings. The first-order valence-corrected chi connectivity index (χ1v) is 8.86. The van der Waals surface area contributed by atoms with Crippen LogP contribution < -0.4 is 0 Å². The van der Waals surface area contributed by atoms with Crippen LogP contribution in [0.1, 0.15) is 52.4 Å². The molecule has 1 N–H and O–H groups in total. The van der Waals surface area contributed by atoms with Crippen molar-refractivity contribution in [1.82, 2.24) is 4.90 Å². The molecule has 1 aliphatic rings. The Morgan fingerprint density at radius 2 is 1.67 bits per heavy atom. The minimum atomic E-state index is -3.67. The van der Waals surface area contributed by atoms with Crippen LogP contribution in [-0.2, 0) is 10.1 Å².